The smallest absolute Gasteiger partial charge is 0.433 e. The van der Waals surface area contributed by atoms with Crippen LogP contribution in [0.1, 0.15) is 44.7 Å². The Balaban J connectivity index is 2.56. The molecule has 0 spiro atoms. The van der Waals surface area contributed by atoms with Gasteiger partial charge in [-0.15, -0.1) is 0 Å². The number of anilines is 1. The lowest BCUT2D eigenvalue weighted by Crippen LogP contribution is -2.12. The summed E-state index contributed by atoms with van der Waals surface area (Å²) in [6.07, 6.45) is 0.722. The van der Waals surface area contributed by atoms with E-state index < -0.39 is 11.9 Å². The number of rotatable bonds is 8. The molecule has 1 aromatic heterocycles. The molecule has 20 heavy (non-hydrogen) atoms. The van der Waals surface area contributed by atoms with Gasteiger partial charge in [0.2, 0.25) is 11.8 Å². The minimum atomic E-state index is -4.51. The van der Waals surface area contributed by atoms with Gasteiger partial charge in [-0.2, -0.15) is 18.2 Å². The van der Waals surface area contributed by atoms with Crippen LogP contribution >= 0.6 is 0 Å². The summed E-state index contributed by atoms with van der Waals surface area (Å²) in [4.78, 5) is 7.22. The van der Waals surface area contributed by atoms with Gasteiger partial charge in [0, 0.05) is 13.1 Å². The van der Waals surface area contributed by atoms with Crippen molar-refractivity contribution in [1.29, 1.82) is 0 Å². The predicted octanol–water partition coefficient (Wildman–Crippen LogP) is 3.89. The molecular formula is C13H20F3N3O. The number of hydrogen-bond acceptors (Lipinski definition) is 4. The Labute approximate surface area is 116 Å². The van der Waals surface area contributed by atoms with Crippen molar-refractivity contribution in [3.05, 3.63) is 11.8 Å². The van der Waals surface area contributed by atoms with E-state index in [2.05, 4.69) is 22.2 Å². The van der Waals surface area contributed by atoms with Crippen LogP contribution in [0.5, 0.6) is 5.88 Å². The maximum Gasteiger partial charge on any atom is 0.433 e. The van der Waals surface area contributed by atoms with Gasteiger partial charge in [0.1, 0.15) is 0 Å². The van der Waals surface area contributed by atoms with Gasteiger partial charge in [-0.3, -0.25) is 0 Å². The molecule has 0 saturated heterocycles. The summed E-state index contributed by atoms with van der Waals surface area (Å²) in [6, 6.07) is 0.826. The molecule has 0 saturated carbocycles. The van der Waals surface area contributed by atoms with Crippen LogP contribution in [0.15, 0.2) is 6.07 Å². The molecule has 1 rings (SSSR count). The minimum absolute atomic E-state index is 0.0489. The van der Waals surface area contributed by atoms with Crippen LogP contribution in [0.4, 0.5) is 19.1 Å². The molecule has 7 heteroatoms. The Hall–Kier alpha value is -1.53. The van der Waals surface area contributed by atoms with Gasteiger partial charge in [0.25, 0.3) is 0 Å². The Morgan fingerprint density at radius 2 is 1.85 bits per heavy atom. The zero-order chi connectivity index (χ0) is 15.0. The third-order valence-electron chi connectivity index (χ3n) is 2.71. The third-order valence-corrected chi connectivity index (χ3v) is 2.71. The molecular weight excluding hydrogens is 271 g/mol. The number of hydrogen-bond donors (Lipinski definition) is 1. The van der Waals surface area contributed by atoms with Crippen LogP contribution < -0.4 is 10.1 Å². The second-order valence-corrected chi connectivity index (χ2v) is 4.43. The van der Waals surface area contributed by atoms with E-state index in [9.17, 15) is 13.2 Å². The molecule has 1 N–H and O–H groups in total. The Kier molecular flexibility index (Phi) is 6.54. The largest absolute Gasteiger partial charge is 0.478 e. The molecule has 0 bridgehead atoms. The van der Waals surface area contributed by atoms with Crippen LogP contribution in [-0.4, -0.2) is 23.6 Å². The van der Waals surface area contributed by atoms with Gasteiger partial charge < -0.3 is 10.1 Å². The third kappa shape index (κ3) is 5.63. The maximum atomic E-state index is 12.6. The predicted molar refractivity (Wildman–Crippen MR) is 70.8 cm³/mol. The van der Waals surface area contributed by atoms with Crippen molar-refractivity contribution in [3.8, 4) is 5.88 Å². The van der Waals surface area contributed by atoms with Gasteiger partial charge in [0.05, 0.1) is 6.61 Å². The summed E-state index contributed by atoms with van der Waals surface area (Å²) in [6.45, 7) is 2.48. The standard InChI is InChI=1S/C13H20F3N3O/c1-3-4-5-6-7-8-20-11-9-10(13(14,15)16)18-12(17-2)19-11/h9H,3-8H2,1-2H3,(H,17,18,19). The minimum Gasteiger partial charge on any atom is -0.478 e. The first kappa shape index (κ1) is 16.5. The van der Waals surface area contributed by atoms with E-state index in [1.165, 1.54) is 7.05 Å². The first-order chi connectivity index (χ1) is 9.47. The topological polar surface area (TPSA) is 47.0 Å². The van der Waals surface area contributed by atoms with Gasteiger partial charge >= 0.3 is 6.18 Å². The quantitative estimate of drug-likeness (QED) is 0.738. The van der Waals surface area contributed by atoms with Crippen molar-refractivity contribution in [2.75, 3.05) is 19.0 Å². The zero-order valence-electron chi connectivity index (χ0n) is 11.8. The molecule has 1 aromatic rings. The highest BCUT2D eigenvalue weighted by atomic mass is 19.4. The monoisotopic (exact) mass is 291 g/mol. The fourth-order valence-corrected chi connectivity index (χ4v) is 1.64. The molecule has 0 aliphatic rings. The molecule has 0 aliphatic carbocycles. The van der Waals surface area contributed by atoms with Crippen molar-refractivity contribution in [2.45, 2.75) is 45.2 Å². The first-order valence-corrected chi connectivity index (χ1v) is 6.74. The molecule has 0 aromatic carbocycles. The maximum absolute atomic E-state index is 12.6. The summed E-state index contributed by atoms with van der Waals surface area (Å²) >= 11 is 0. The van der Waals surface area contributed by atoms with Crippen molar-refractivity contribution >= 4 is 5.95 Å². The second-order valence-electron chi connectivity index (χ2n) is 4.43. The number of nitrogens with one attached hydrogen (secondary N) is 1. The summed E-state index contributed by atoms with van der Waals surface area (Å²) in [7, 11) is 1.46. The van der Waals surface area contributed by atoms with E-state index in [4.69, 9.17) is 4.74 Å². The number of halogens is 3. The van der Waals surface area contributed by atoms with E-state index in [-0.39, 0.29) is 11.8 Å². The van der Waals surface area contributed by atoms with E-state index in [1.807, 2.05) is 0 Å². The summed E-state index contributed by atoms with van der Waals surface area (Å²) < 4.78 is 43.2. The lowest BCUT2D eigenvalue weighted by molar-refractivity contribution is -0.141. The molecule has 0 amide bonds. The van der Waals surface area contributed by atoms with Crippen molar-refractivity contribution in [2.24, 2.45) is 0 Å². The number of aromatic nitrogens is 2. The van der Waals surface area contributed by atoms with Crippen LogP contribution in [0.25, 0.3) is 0 Å². The van der Waals surface area contributed by atoms with Gasteiger partial charge in [-0.25, -0.2) is 4.98 Å². The van der Waals surface area contributed by atoms with Crippen LogP contribution in [0.3, 0.4) is 0 Å². The van der Waals surface area contributed by atoms with Crippen molar-refractivity contribution in [3.63, 3.8) is 0 Å². The Morgan fingerprint density at radius 3 is 2.45 bits per heavy atom. The van der Waals surface area contributed by atoms with Crippen LogP contribution in [-0.2, 0) is 6.18 Å². The summed E-state index contributed by atoms with van der Waals surface area (Å²) in [5.74, 6) is -0.145. The van der Waals surface area contributed by atoms with Gasteiger partial charge in [-0.05, 0) is 6.42 Å². The SMILES string of the molecule is CCCCCCCOc1cc(C(F)(F)F)nc(NC)n1. The van der Waals surface area contributed by atoms with Gasteiger partial charge in [0.15, 0.2) is 5.69 Å². The Morgan fingerprint density at radius 1 is 1.15 bits per heavy atom. The molecule has 0 aliphatic heterocycles. The van der Waals surface area contributed by atoms with E-state index in [0.29, 0.717) is 6.61 Å². The lowest BCUT2D eigenvalue weighted by atomic mass is 10.2. The normalized spacial score (nSPS) is 11.4. The van der Waals surface area contributed by atoms with Crippen molar-refractivity contribution in [1.82, 2.24) is 9.97 Å². The van der Waals surface area contributed by atoms with Crippen molar-refractivity contribution < 1.29 is 17.9 Å². The second kappa shape index (κ2) is 7.91. The molecule has 0 atom stereocenters. The van der Waals surface area contributed by atoms with Crippen LogP contribution in [0, 0.1) is 0 Å². The number of alkyl halides is 3. The number of ether oxygens (including phenoxy) is 1. The average molecular weight is 291 g/mol. The number of nitrogens with zero attached hydrogens (tertiary/aromatic N) is 2. The molecule has 0 fully saturated rings. The fraction of sp³-hybridized carbons (Fsp3) is 0.692. The molecule has 114 valence electrons. The zero-order valence-corrected chi connectivity index (χ0v) is 11.8. The summed E-state index contributed by atoms with van der Waals surface area (Å²) in [5.41, 5.74) is -1.00. The first-order valence-electron chi connectivity index (χ1n) is 6.74. The summed E-state index contributed by atoms with van der Waals surface area (Å²) in [5, 5.41) is 2.50. The average Bonchev–Trinajstić information content (AvgIpc) is 2.41. The molecule has 1 heterocycles. The number of unbranched alkanes of at least 4 members (excludes halogenated alkanes) is 4. The van der Waals surface area contributed by atoms with Gasteiger partial charge in [-0.1, -0.05) is 32.6 Å². The Bertz CT molecular complexity index is 410. The molecule has 0 radical (unpaired) electrons. The molecule has 4 nitrogen and oxygen atoms in total. The van der Waals surface area contributed by atoms with E-state index in [0.717, 1.165) is 38.2 Å². The molecule has 0 unspecified atom stereocenters. The fourth-order valence-electron chi connectivity index (χ4n) is 1.64. The van der Waals surface area contributed by atoms with E-state index in [1.54, 1.807) is 0 Å². The van der Waals surface area contributed by atoms with E-state index >= 15 is 0 Å². The highest BCUT2D eigenvalue weighted by Crippen LogP contribution is 2.30. The lowest BCUT2D eigenvalue weighted by Gasteiger charge is -2.11. The van der Waals surface area contributed by atoms with Crippen LogP contribution in [0.2, 0.25) is 0 Å². The highest BCUT2D eigenvalue weighted by Gasteiger charge is 2.33. The highest BCUT2D eigenvalue weighted by molar-refractivity contribution is 5.31.